The molecule has 0 unspecified atom stereocenters. The van der Waals surface area contributed by atoms with E-state index in [2.05, 4.69) is 116 Å². The predicted molar refractivity (Wildman–Crippen MR) is 326 cm³/mol. The van der Waals surface area contributed by atoms with Crippen LogP contribution in [-0.2, 0) is 37.3 Å². The maximum absolute atomic E-state index is 10.0. The molecule has 1 aliphatic heterocycles. The van der Waals surface area contributed by atoms with Crippen LogP contribution in [0.1, 0.15) is 109 Å². The monoisotopic (exact) mass is 1230 g/mol. The number of rotatable bonds is 6. The summed E-state index contributed by atoms with van der Waals surface area (Å²) >= 11 is 0. The zero-order valence-electron chi connectivity index (χ0n) is 59.8. The van der Waals surface area contributed by atoms with Crippen molar-refractivity contribution in [2.24, 2.45) is 0 Å². The van der Waals surface area contributed by atoms with Gasteiger partial charge < -0.3 is 13.9 Å². The van der Waals surface area contributed by atoms with Gasteiger partial charge in [0.2, 0.25) is 0 Å². The summed E-state index contributed by atoms with van der Waals surface area (Å²) in [6, 6.07) is 42.4. The molecule has 3 aromatic heterocycles. The van der Waals surface area contributed by atoms with Crippen molar-refractivity contribution in [2.75, 3.05) is 0 Å². The molecule has 0 spiro atoms. The van der Waals surface area contributed by atoms with Crippen molar-refractivity contribution in [3.05, 3.63) is 234 Å². The Hall–Kier alpha value is -8.11. The van der Waals surface area contributed by atoms with Gasteiger partial charge in [0.15, 0.2) is 0 Å². The first-order valence-electron chi connectivity index (χ1n) is 33.5. The van der Waals surface area contributed by atoms with E-state index in [0.29, 0.717) is 34.0 Å². The number of hydrogen-bond donors (Lipinski definition) is 0. The Balaban J connectivity index is 0.00000848. The van der Waals surface area contributed by atoms with Crippen molar-refractivity contribution in [2.45, 2.75) is 92.3 Å². The summed E-state index contributed by atoms with van der Waals surface area (Å²) in [6.07, 6.45) is 5.45. The van der Waals surface area contributed by atoms with Gasteiger partial charge in [-0.15, -0.1) is 29.7 Å². The van der Waals surface area contributed by atoms with Gasteiger partial charge in [-0.2, -0.15) is 18.2 Å². The van der Waals surface area contributed by atoms with Crippen LogP contribution < -0.4 is 9.30 Å². The molecule has 0 saturated heterocycles. The minimum absolute atomic E-state index is 0. The average molecular weight is 1230 g/mol. The van der Waals surface area contributed by atoms with Gasteiger partial charge in [0.05, 0.1) is 27.7 Å². The second kappa shape index (κ2) is 19.6. The van der Waals surface area contributed by atoms with E-state index >= 15 is 0 Å². The van der Waals surface area contributed by atoms with Crippen LogP contribution in [0.15, 0.2) is 188 Å². The molecule has 0 atom stereocenters. The molecule has 0 radical (unpaired) electrons. The van der Waals surface area contributed by atoms with E-state index in [9.17, 15) is 11.0 Å². The molecule has 0 N–H and O–H groups in total. The molecule has 398 valence electrons. The minimum Gasteiger partial charge on any atom is -0.510 e. The Morgan fingerprint density at radius 3 is 1.81 bits per heavy atom. The van der Waals surface area contributed by atoms with Gasteiger partial charge in [-0.1, -0.05) is 195 Å². The Labute approximate surface area is 505 Å². The van der Waals surface area contributed by atoms with Gasteiger partial charge in [-0.3, -0.25) is 4.57 Å². The van der Waals surface area contributed by atoms with E-state index in [0.717, 1.165) is 38.5 Å². The van der Waals surface area contributed by atoms with Crippen molar-refractivity contribution in [1.29, 1.82) is 0 Å². The van der Waals surface area contributed by atoms with Crippen molar-refractivity contribution >= 4 is 32.8 Å². The van der Waals surface area contributed by atoms with Crippen molar-refractivity contribution < 1.29 is 49.6 Å². The van der Waals surface area contributed by atoms with Crippen LogP contribution in [0.5, 0.6) is 11.5 Å². The molecule has 0 bridgehead atoms. The number of hydrogen-bond acceptors (Lipinski definition) is 2. The quantitative estimate of drug-likeness (QED) is 0.123. The van der Waals surface area contributed by atoms with Gasteiger partial charge in [0.1, 0.15) is 5.82 Å². The smallest absolute Gasteiger partial charge is 0.268 e. The van der Waals surface area contributed by atoms with E-state index in [1.807, 2.05) is 48.7 Å². The van der Waals surface area contributed by atoms with E-state index in [-0.39, 0.29) is 110 Å². The molecule has 0 fully saturated rings. The second-order valence-corrected chi connectivity index (χ2v) is 23.5. The van der Waals surface area contributed by atoms with Crippen LogP contribution in [0.2, 0.25) is 0 Å². The fourth-order valence-electron chi connectivity index (χ4n) is 11.0. The maximum Gasteiger partial charge on any atom is 0.268 e. The number of benzene rings is 9. The fraction of sp³-hybridized carbons (Fsp3) is 0.189. The number of nitrogens with zero attached hydrogens (tertiary/aromatic N) is 4. The number of fused-ring (bicyclic) bond motifs is 10. The van der Waals surface area contributed by atoms with Gasteiger partial charge in [0, 0.05) is 52.5 Å². The van der Waals surface area contributed by atoms with Gasteiger partial charge in [0.25, 0.3) is 6.33 Å². The van der Waals surface area contributed by atoms with Crippen LogP contribution in [0, 0.1) is 32.2 Å². The van der Waals surface area contributed by atoms with Crippen molar-refractivity contribution in [3.63, 3.8) is 0 Å². The normalized spacial score (nSPS) is 15.2. The van der Waals surface area contributed by atoms with E-state index in [4.69, 9.17) is 17.9 Å². The molecule has 6 heteroatoms. The summed E-state index contributed by atoms with van der Waals surface area (Å²) in [7, 11) is 0. The third kappa shape index (κ3) is 9.01. The fourth-order valence-corrected chi connectivity index (χ4v) is 11.0. The molecule has 13 rings (SSSR count). The van der Waals surface area contributed by atoms with Gasteiger partial charge in [-0.05, 0) is 149 Å². The number of aromatic nitrogens is 4. The molecule has 4 heterocycles. The minimum atomic E-state index is -2.89. The molecule has 1 aliphatic rings. The number of imidazole rings is 1. The Morgan fingerprint density at radius 1 is 0.525 bits per heavy atom. The largest absolute Gasteiger partial charge is 0.510 e. The first kappa shape index (κ1) is 38.5. The molecule has 5 nitrogen and oxygen atoms in total. The number of pyridine rings is 1. The Kier molecular flexibility index (Phi) is 9.43. The van der Waals surface area contributed by atoms with Crippen LogP contribution in [0.25, 0.3) is 106 Å². The first-order chi connectivity index (χ1) is 43.6. The SMILES string of the molecule is [2H]c1c([2H])c([2H])c2c(c1[2H])-c1cccc(-c3cc(C(C)(C)C)cc(C(C)(C)C)c3)c1-[n+]1[c-]n(-c3[c-]c(Oc4[c-]c5c(cc4)c4ccccc4n5-c4cc(C(C)(C)C)ccn4)ccc3)c3cc(-c4c(C([2H])([2H])[2H])cccc4C([2H])([2H])[2H])cc(c31)-c1c([2H])c([2H])c([2H])c([2H])c1-2.[Pt]. The standard InChI is InChI=1S/C74H64N4O.Pt/c1-46-21-18-22-47(2)69(46)49-39-64-60-28-15-13-26-58(60)57-25-12-14-27-59(57)63-31-20-30-56(48-37-51(73(6,7)8)41-52(38-48)74(9,10)11)70(63)77-45-76(67(40-49)71(64)77)53-23-19-24-54(43-53)79-55-33-34-62-61-29-16-17-32-65(61)78(66(62)44-55)68-42-50(35-36-75-68)72(3,4)5;/h12-42H,1-11H3;/q-2;/i1D3,2D3,12D,13D,14D,15D,25D,26D,27D,28D;. The zero-order chi connectivity index (χ0) is 66.7. The molecule has 9 aromatic carbocycles. The van der Waals surface area contributed by atoms with Crippen molar-refractivity contribution in [3.8, 4) is 84.3 Å². The molecular weight excluding hydrogens is 1160 g/mol. The molecule has 0 saturated carbocycles. The third-order valence-corrected chi connectivity index (χ3v) is 15.1. The summed E-state index contributed by atoms with van der Waals surface area (Å²) in [6.45, 7) is 13.4. The van der Waals surface area contributed by atoms with Crippen LogP contribution >= 0.6 is 0 Å². The van der Waals surface area contributed by atoms with E-state index in [1.165, 1.54) is 24.3 Å². The van der Waals surface area contributed by atoms with E-state index < -0.39 is 62.0 Å². The third-order valence-electron chi connectivity index (χ3n) is 15.1. The van der Waals surface area contributed by atoms with Crippen LogP contribution in [-0.4, -0.2) is 14.1 Å². The summed E-state index contributed by atoms with van der Waals surface area (Å²) < 4.78 is 143. The number of para-hydroxylation sites is 2. The molecular formula is C74H64N4OPt-2. The van der Waals surface area contributed by atoms with Gasteiger partial charge in [-0.25, -0.2) is 4.98 Å². The summed E-state index contributed by atoms with van der Waals surface area (Å²) in [4.78, 5) is 4.86. The molecule has 12 aromatic rings. The van der Waals surface area contributed by atoms with E-state index in [1.54, 1.807) is 45.5 Å². The average Bonchev–Trinajstić information content (AvgIpc) is 1.42. The first-order valence-corrected chi connectivity index (χ1v) is 26.5. The Bertz CT molecular complexity index is 5090. The molecule has 0 aliphatic carbocycles. The maximum atomic E-state index is 10.0. The van der Waals surface area contributed by atoms with Crippen LogP contribution in [0.3, 0.4) is 0 Å². The topological polar surface area (TPSA) is 35.9 Å². The van der Waals surface area contributed by atoms with Crippen LogP contribution in [0.4, 0.5) is 0 Å². The summed E-state index contributed by atoms with van der Waals surface area (Å²) in [5, 5.41) is 1.91. The zero-order valence-corrected chi connectivity index (χ0v) is 48.1. The second-order valence-electron chi connectivity index (χ2n) is 23.5. The Morgan fingerprint density at radius 2 is 1.14 bits per heavy atom. The summed E-state index contributed by atoms with van der Waals surface area (Å²) in [5.41, 5.74) is 5.01. The summed E-state index contributed by atoms with van der Waals surface area (Å²) in [5.74, 6) is 1.27. The molecule has 80 heavy (non-hydrogen) atoms. The predicted octanol–water partition coefficient (Wildman–Crippen LogP) is 18.7. The van der Waals surface area contributed by atoms with Gasteiger partial charge >= 0.3 is 0 Å². The molecule has 0 amide bonds. The number of aryl methyl sites for hydroxylation is 2. The van der Waals surface area contributed by atoms with Crippen molar-refractivity contribution in [1.82, 2.24) is 14.1 Å². The number of ether oxygens (including phenoxy) is 1.